The number of aromatic nitrogens is 1. The molecule has 0 radical (unpaired) electrons. The molecule has 0 atom stereocenters. The van der Waals surface area contributed by atoms with Gasteiger partial charge in [-0.1, -0.05) is 30.1 Å². The number of aryl methyl sites for hydroxylation is 1. The molecule has 0 saturated heterocycles. The Morgan fingerprint density at radius 2 is 2.23 bits per heavy atom. The fraction of sp³-hybridized carbons (Fsp3) is 0.286. The van der Waals surface area contributed by atoms with Gasteiger partial charge in [-0.3, -0.25) is 10.1 Å². The van der Waals surface area contributed by atoms with E-state index in [0.717, 1.165) is 0 Å². The Balaban J connectivity index is 3.38. The Labute approximate surface area is 84.6 Å². The number of pyridine rings is 1. The van der Waals surface area contributed by atoms with E-state index in [4.69, 9.17) is 23.2 Å². The molecule has 70 valence electrons. The first-order valence-electron chi connectivity index (χ1n) is 3.55. The summed E-state index contributed by atoms with van der Waals surface area (Å²) in [5.41, 5.74) is 0.306. The number of hydrogen-bond acceptors (Lipinski definition) is 3. The van der Waals surface area contributed by atoms with E-state index in [9.17, 15) is 10.1 Å². The standard InChI is InChI=1S/C7H6Cl2N2O2/c1-2-4-3-10-7(9)6(5(4)8)11(12)13/h3H,2H2,1H3. The number of halogens is 2. The summed E-state index contributed by atoms with van der Waals surface area (Å²) in [6.07, 6.45) is 2.03. The highest BCUT2D eigenvalue weighted by atomic mass is 35.5. The van der Waals surface area contributed by atoms with Gasteiger partial charge < -0.3 is 0 Å². The SMILES string of the molecule is CCc1cnc(Cl)c([N+](=O)[O-])c1Cl. The molecule has 0 aliphatic carbocycles. The molecule has 13 heavy (non-hydrogen) atoms. The Morgan fingerprint density at radius 1 is 1.62 bits per heavy atom. The Bertz CT molecular complexity index is 355. The lowest BCUT2D eigenvalue weighted by Crippen LogP contribution is -1.96. The van der Waals surface area contributed by atoms with E-state index < -0.39 is 4.92 Å². The predicted octanol–water partition coefficient (Wildman–Crippen LogP) is 2.86. The van der Waals surface area contributed by atoms with Crippen molar-refractivity contribution in [2.24, 2.45) is 0 Å². The molecule has 0 fully saturated rings. The largest absolute Gasteiger partial charge is 0.325 e. The van der Waals surface area contributed by atoms with Gasteiger partial charge >= 0.3 is 5.69 Å². The minimum Gasteiger partial charge on any atom is -0.258 e. The van der Waals surface area contributed by atoms with Crippen LogP contribution in [0.5, 0.6) is 0 Å². The van der Waals surface area contributed by atoms with Gasteiger partial charge in [0.05, 0.1) is 4.92 Å². The highest BCUT2D eigenvalue weighted by molar-refractivity contribution is 6.37. The lowest BCUT2D eigenvalue weighted by Gasteiger charge is -2.01. The third-order valence-electron chi connectivity index (χ3n) is 1.58. The smallest absolute Gasteiger partial charge is 0.258 e. The van der Waals surface area contributed by atoms with E-state index in [1.165, 1.54) is 6.20 Å². The average Bonchev–Trinajstić information content (AvgIpc) is 2.04. The number of nitrogens with zero attached hydrogens (tertiary/aromatic N) is 2. The molecule has 1 heterocycles. The van der Waals surface area contributed by atoms with Gasteiger partial charge in [-0.15, -0.1) is 0 Å². The van der Waals surface area contributed by atoms with Crippen LogP contribution in [0.1, 0.15) is 12.5 Å². The monoisotopic (exact) mass is 220 g/mol. The minimum atomic E-state index is -0.628. The average molecular weight is 221 g/mol. The summed E-state index contributed by atoms with van der Waals surface area (Å²) in [6, 6.07) is 0. The first kappa shape index (κ1) is 10.2. The van der Waals surface area contributed by atoms with Gasteiger partial charge in [0, 0.05) is 6.20 Å². The molecule has 0 spiro atoms. The molecular formula is C7H6Cl2N2O2. The van der Waals surface area contributed by atoms with Crippen LogP contribution in [-0.2, 0) is 6.42 Å². The van der Waals surface area contributed by atoms with E-state index in [0.29, 0.717) is 12.0 Å². The summed E-state index contributed by atoms with van der Waals surface area (Å²) in [6.45, 7) is 1.83. The third-order valence-corrected chi connectivity index (χ3v) is 2.28. The fourth-order valence-electron chi connectivity index (χ4n) is 0.897. The van der Waals surface area contributed by atoms with Crippen LogP contribution < -0.4 is 0 Å². The Kier molecular flexibility index (Phi) is 3.06. The Morgan fingerprint density at radius 3 is 2.69 bits per heavy atom. The van der Waals surface area contributed by atoms with Gasteiger partial charge in [-0.25, -0.2) is 4.98 Å². The zero-order valence-corrected chi connectivity index (χ0v) is 8.26. The minimum absolute atomic E-state index is 0.0764. The number of nitro groups is 1. The molecule has 0 N–H and O–H groups in total. The van der Waals surface area contributed by atoms with Crippen LogP contribution in [0.25, 0.3) is 0 Å². The van der Waals surface area contributed by atoms with Crippen LogP contribution in [0.15, 0.2) is 6.20 Å². The molecule has 0 unspecified atom stereocenters. The maximum atomic E-state index is 10.5. The number of hydrogen-bond donors (Lipinski definition) is 0. The molecule has 1 aromatic rings. The van der Waals surface area contributed by atoms with Crippen LogP contribution in [0.2, 0.25) is 10.2 Å². The quantitative estimate of drug-likeness (QED) is 0.438. The molecule has 0 aliphatic heterocycles. The lowest BCUT2D eigenvalue weighted by atomic mass is 10.2. The second kappa shape index (κ2) is 3.89. The van der Waals surface area contributed by atoms with Crippen molar-refractivity contribution in [1.29, 1.82) is 0 Å². The molecule has 0 bridgehead atoms. The summed E-state index contributed by atoms with van der Waals surface area (Å²) >= 11 is 11.3. The van der Waals surface area contributed by atoms with Gasteiger partial charge in [0.25, 0.3) is 0 Å². The molecule has 0 aliphatic rings. The van der Waals surface area contributed by atoms with E-state index in [1.807, 2.05) is 6.92 Å². The van der Waals surface area contributed by atoms with Crippen molar-refractivity contribution in [2.75, 3.05) is 0 Å². The maximum absolute atomic E-state index is 10.5. The number of rotatable bonds is 2. The first-order chi connectivity index (χ1) is 6.07. The molecule has 0 amide bonds. The van der Waals surface area contributed by atoms with Crippen LogP contribution in [-0.4, -0.2) is 9.91 Å². The maximum Gasteiger partial charge on any atom is 0.325 e. The molecule has 4 nitrogen and oxygen atoms in total. The van der Waals surface area contributed by atoms with Crippen molar-refractivity contribution in [3.63, 3.8) is 0 Å². The summed E-state index contributed by atoms with van der Waals surface area (Å²) in [7, 11) is 0. The Hall–Kier alpha value is -0.870. The molecule has 6 heteroatoms. The van der Waals surface area contributed by atoms with Crippen LogP contribution in [0.4, 0.5) is 5.69 Å². The third kappa shape index (κ3) is 1.89. The summed E-state index contributed by atoms with van der Waals surface area (Å²) in [5, 5.41) is 10.4. The predicted molar refractivity (Wildman–Crippen MR) is 50.3 cm³/mol. The van der Waals surface area contributed by atoms with Crippen molar-refractivity contribution < 1.29 is 4.92 Å². The topological polar surface area (TPSA) is 56.0 Å². The van der Waals surface area contributed by atoms with Crippen molar-refractivity contribution >= 4 is 28.9 Å². The van der Waals surface area contributed by atoms with Gasteiger partial charge in [0.1, 0.15) is 5.02 Å². The van der Waals surface area contributed by atoms with Gasteiger partial charge in [-0.2, -0.15) is 0 Å². The molecule has 0 aromatic carbocycles. The lowest BCUT2D eigenvalue weighted by molar-refractivity contribution is -0.384. The summed E-state index contributed by atoms with van der Waals surface area (Å²) < 4.78 is 0. The first-order valence-corrected chi connectivity index (χ1v) is 4.30. The second-order valence-corrected chi connectivity index (χ2v) is 3.08. The van der Waals surface area contributed by atoms with Crippen molar-refractivity contribution in [3.05, 3.63) is 32.1 Å². The zero-order valence-electron chi connectivity index (χ0n) is 6.75. The van der Waals surface area contributed by atoms with E-state index >= 15 is 0 Å². The normalized spacial score (nSPS) is 10.1. The summed E-state index contributed by atoms with van der Waals surface area (Å²) in [5.74, 6) is 0. The van der Waals surface area contributed by atoms with Crippen LogP contribution in [0.3, 0.4) is 0 Å². The highest BCUT2D eigenvalue weighted by Gasteiger charge is 2.21. The van der Waals surface area contributed by atoms with E-state index in [-0.39, 0.29) is 15.9 Å². The van der Waals surface area contributed by atoms with Crippen molar-refractivity contribution in [1.82, 2.24) is 4.98 Å². The molecule has 1 aromatic heterocycles. The van der Waals surface area contributed by atoms with Crippen molar-refractivity contribution in [2.45, 2.75) is 13.3 Å². The molecular weight excluding hydrogens is 215 g/mol. The van der Waals surface area contributed by atoms with E-state index in [1.54, 1.807) is 0 Å². The van der Waals surface area contributed by atoms with E-state index in [2.05, 4.69) is 4.98 Å². The van der Waals surface area contributed by atoms with Crippen LogP contribution >= 0.6 is 23.2 Å². The fourth-order valence-corrected chi connectivity index (χ4v) is 1.50. The van der Waals surface area contributed by atoms with Crippen molar-refractivity contribution in [3.8, 4) is 0 Å². The van der Waals surface area contributed by atoms with Gasteiger partial charge in [-0.05, 0) is 12.0 Å². The molecule has 1 rings (SSSR count). The van der Waals surface area contributed by atoms with Gasteiger partial charge in [0.15, 0.2) is 0 Å². The highest BCUT2D eigenvalue weighted by Crippen LogP contribution is 2.33. The van der Waals surface area contributed by atoms with Crippen LogP contribution in [0, 0.1) is 10.1 Å². The van der Waals surface area contributed by atoms with Gasteiger partial charge in [0.2, 0.25) is 5.15 Å². The summed E-state index contributed by atoms with van der Waals surface area (Å²) in [4.78, 5) is 13.6. The second-order valence-electron chi connectivity index (χ2n) is 2.35. The zero-order chi connectivity index (χ0) is 10.0. The molecule has 0 saturated carbocycles.